The summed E-state index contributed by atoms with van der Waals surface area (Å²) in [5, 5.41) is 19.7. The van der Waals surface area contributed by atoms with Crippen molar-refractivity contribution in [2.75, 3.05) is 0 Å². The monoisotopic (exact) mass is 363 g/mol. The molecule has 0 amide bonds. The van der Waals surface area contributed by atoms with E-state index in [2.05, 4.69) is 15.2 Å². The fraction of sp³-hybridized carbons (Fsp3) is 0. The number of fused-ring (bicyclic) bond motifs is 3. The lowest BCUT2D eigenvalue weighted by Gasteiger charge is -2.04. The van der Waals surface area contributed by atoms with Crippen LogP contribution in [0, 0.1) is 5.41 Å². The molecule has 0 atom stereocenters. The summed E-state index contributed by atoms with van der Waals surface area (Å²) in [6, 6.07) is 17.3. The molecule has 0 saturated heterocycles. The zero-order valence-electron chi connectivity index (χ0n) is 12.8. The quantitative estimate of drug-likeness (QED) is 0.452. The van der Waals surface area contributed by atoms with E-state index in [0.29, 0.717) is 21.3 Å². The number of nitrogens with zero attached hydrogens (tertiary/aromatic N) is 4. The highest BCUT2D eigenvalue weighted by molar-refractivity contribution is 7.22. The standard InChI is InChI=1S/C18H10ClN5S/c19-12-7-5-10(6-8-12)16-22-23-18-24(16)15(20)13-9-11-3-1-2-4-14(11)21-17(13)25-18/h1-9,20H. The molecule has 0 aliphatic heterocycles. The van der Waals surface area contributed by atoms with Crippen molar-refractivity contribution in [2.45, 2.75) is 0 Å². The Kier molecular flexibility index (Phi) is 3.10. The molecule has 0 fully saturated rings. The van der Waals surface area contributed by atoms with Gasteiger partial charge in [-0.25, -0.2) is 9.38 Å². The number of hydrogen-bond donors (Lipinski definition) is 1. The van der Waals surface area contributed by atoms with Gasteiger partial charge in [-0.05, 0) is 36.4 Å². The van der Waals surface area contributed by atoms with Gasteiger partial charge in [0, 0.05) is 16.0 Å². The van der Waals surface area contributed by atoms with E-state index in [9.17, 15) is 0 Å². The number of aromatic nitrogens is 4. The topological polar surface area (TPSA) is 66.9 Å². The molecule has 0 aliphatic carbocycles. The Hall–Kier alpha value is -2.83. The van der Waals surface area contributed by atoms with Crippen molar-refractivity contribution in [2.24, 2.45) is 0 Å². The summed E-state index contributed by atoms with van der Waals surface area (Å²) in [7, 11) is 0. The predicted octanol–water partition coefficient (Wildman–Crippen LogP) is 4.29. The minimum absolute atomic E-state index is 0.331. The van der Waals surface area contributed by atoms with Gasteiger partial charge in [-0.1, -0.05) is 41.1 Å². The summed E-state index contributed by atoms with van der Waals surface area (Å²) in [6.07, 6.45) is 0. The largest absolute Gasteiger partial charge is 0.283 e. The highest BCUT2D eigenvalue weighted by atomic mass is 35.5. The Morgan fingerprint density at radius 3 is 2.64 bits per heavy atom. The number of para-hydroxylation sites is 1. The second-order valence-electron chi connectivity index (χ2n) is 5.63. The molecule has 120 valence electrons. The first kappa shape index (κ1) is 14.5. The molecule has 5 rings (SSSR count). The zero-order valence-corrected chi connectivity index (χ0v) is 14.3. The third-order valence-corrected chi connectivity index (χ3v) is 5.29. The molecule has 0 bridgehead atoms. The van der Waals surface area contributed by atoms with Crippen LogP contribution in [0.3, 0.4) is 0 Å². The zero-order chi connectivity index (χ0) is 17.0. The van der Waals surface area contributed by atoms with Crippen molar-refractivity contribution in [3.63, 3.8) is 0 Å². The Morgan fingerprint density at radius 1 is 1.00 bits per heavy atom. The third kappa shape index (κ3) is 2.22. The van der Waals surface area contributed by atoms with Crippen molar-refractivity contribution in [3.05, 3.63) is 65.1 Å². The maximum atomic E-state index is 8.68. The minimum atomic E-state index is 0.331. The lowest BCUT2D eigenvalue weighted by atomic mass is 10.2. The molecule has 3 heterocycles. The van der Waals surface area contributed by atoms with E-state index in [4.69, 9.17) is 17.0 Å². The number of nitrogens with one attached hydrogen (secondary N) is 1. The summed E-state index contributed by atoms with van der Waals surface area (Å²) in [6.45, 7) is 0. The maximum absolute atomic E-state index is 8.68. The molecule has 1 N–H and O–H groups in total. The highest BCUT2D eigenvalue weighted by Crippen LogP contribution is 2.25. The summed E-state index contributed by atoms with van der Waals surface area (Å²) >= 11 is 7.40. The fourth-order valence-corrected chi connectivity index (χ4v) is 3.94. The van der Waals surface area contributed by atoms with Gasteiger partial charge in [0.05, 0.1) is 10.9 Å². The lowest BCUT2D eigenvalue weighted by molar-refractivity contribution is 1.04. The molecular weight excluding hydrogens is 354 g/mol. The number of benzene rings is 2. The Balaban J connectivity index is 1.88. The summed E-state index contributed by atoms with van der Waals surface area (Å²) in [5.41, 5.74) is 2.11. The average molecular weight is 364 g/mol. The number of halogens is 1. The normalized spacial score (nSPS) is 11.6. The average Bonchev–Trinajstić information content (AvgIpc) is 3.05. The molecule has 0 radical (unpaired) electrons. The van der Waals surface area contributed by atoms with Crippen molar-refractivity contribution < 1.29 is 0 Å². The number of rotatable bonds is 1. The van der Waals surface area contributed by atoms with Crippen LogP contribution in [0.1, 0.15) is 0 Å². The first-order chi connectivity index (χ1) is 12.2. The SMILES string of the molecule is N=c1c2cc3ccccc3nc2sc2nnc(-c3ccc(Cl)cc3)n12. The van der Waals surface area contributed by atoms with Crippen LogP contribution in [0.5, 0.6) is 0 Å². The minimum Gasteiger partial charge on any atom is -0.283 e. The van der Waals surface area contributed by atoms with Gasteiger partial charge in [0.1, 0.15) is 10.3 Å². The Labute approximate surface area is 150 Å². The lowest BCUT2D eigenvalue weighted by Crippen LogP contribution is -2.13. The first-order valence-electron chi connectivity index (χ1n) is 7.59. The van der Waals surface area contributed by atoms with E-state index in [1.165, 1.54) is 11.3 Å². The van der Waals surface area contributed by atoms with Crippen LogP contribution in [-0.2, 0) is 0 Å². The van der Waals surface area contributed by atoms with Gasteiger partial charge in [0.15, 0.2) is 5.82 Å². The van der Waals surface area contributed by atoms with E-state index in [0.717, 1.165) is 26.7 Å². The molecule has 0 spiro atoms. The molecule has 2 aromatic carbocycles. The molecule has 5 nitrogen and oxygen atoms in total. The Bertz CT molecular complexity index is 1320. The van der Waals surface area contributed by atoms with Crippen molar-refractivity contribution in [1.82, 2.24) is 19.6 Å². The van der Waals surface area contributed by atoms with Crippen molar-refractivity contribution >= 4 is 49.0 Å². The second kappa shape index (κ2) is 5.34. The van der Waals surface area contributed by atoms with Crippen LogP contribution < -0.4 is 5.49 Å². The highest BCUT2D eigenvalue weighted by Gasteiger charge is 2.13. The molecule has 0 aliphatic rings. The van der Waals surface area contributed by atoms with E-state index in [-0.39, 0.29) is 0 Å². The van der Waals surface area contributed by atoms with Crippen LogP contribution in [-0.4, -0.2) is 19.6 Å². The fourth-order valence-electron chi connectivity index (χ4n) is 2.88. The van der Waals surface area contributed by atoms with E-state index in [1.807, 2.05) is 42.5 Å². The Morgan fingerprint density at radius 2 is 1.80 bits per heavy atom. The van der Waals surface area contributed by atoms with Gasteiger partial charge in [0.2, 0.25) is 4.96 Å². The first-order valence-corrected chi connectivity index (χ1v) is 8.78. The third-order valence-electron chi connectivity index (χ3n) is 4.09. The molecule has 3 aromatic heterocycles. The molecule has 5 aromatic rings. The molecule has 0 saturated carbocycles. The van der Waals surface area contributed by atoms with Crippen molar-refractivity contribution in [3.8, 4) is 11.4 Å². The molecule has 7 heteroatoms. The van der Waals surface area contributed by atoms with Gasteiger partial charge >= 0.3 is 0 Å². The second-order valence-corrected chi connectivity index (χ2v) is 7.03. The van der Waals surface area contributed by atoms with Crippen LogP contribution in [0.2, 0.25) is 5.02 Å². The van der Waals surface area contributed by atoms with Crippen LogP contribution in [0.15, 0.2) is 54.6 Å². The van der Waals surface area contributed by atoms with E-state index in [1.54, 1.807) is 16.5 Å². The maximum Gasteiger partial charge on any atom is 0.220 e. The van der Waals surface area contributed by atoms with Gasteiger partial charge in [-0.2, -0.15) is 0 Å². The van der Waals surface area contributed by atoms with Crippen LogP contribution in [0.4, 0.5) is 0 Å². The van der Waals surface area contributed by atoms with Crippen molar-refractivity contribution in [1.29, 1.82) is 5.41 Å². The molecular formula is C18H10ClN5S. The molecule has 0 unspecified atom stereocenters. The van der Waals surface area contributed by atoms with Crippen LogP contribution in [0.25, 0.3) is 37.5 Å². The van der Waals surface area contributed by atoms with E-state index < -0.39 is 0 Å². The smallest absolute Gasteiger partial charge is 0.220 e. The van der Waals surface area contributed by atoms with Gasteiger partial charge in [-0.15, -0.1) is 10.2 Å². The number of pyridine rings is 1. The number of hydrogen-bond acceptors (Lipinski definition) is 5. The van der Waals surface area contributed by atoms with Gasteiger partial charge in [0.25, 0.3) is 0 Å². The summed E-state index contributed by atoms with van der Waals surface area (Å²) < 4.78 is 1.76. The van der Waals surface area contributed by atoms with Crippen LogP contribution >= 0.6 is 22.9 Å². The summed E-state index contributed by atoms with van der Waals surface area (Å²) in [5.74, 6) is 0.628. The summed E-state index contributed by atoms with van der Waals surface area (Å²) in [4.78, 5) is 6.11. The van der Waals surface area contributed by atoms with E-state index >= 15 is 0 Å². The predicted molar refractivity (Wildman–Crippen MR) is 100.0 cm³/mol. The van der Waals surface area contributed by atoms with Gasteiger partial charge < -0.3 is 0 Å². The van der Waals surface area contributed by atoms with Gasteiger partial charge in [-0.3, -0.25) is 5.41 Å². The molecule has 25 heavy (non-hydrogen) atoms.